The van der Waals surface area contributed by atoms with Crippen LogP contribution in [0, 0.1) is 11.3 Å². The number of benzene rings is 1. The monoisotopic (exact) mass is 212 g/mol. The van der Waals surface area contributed by atoms with Gasteiger partial charge in [0.15, 0.2) is 0 Å². The fraction of sp³-hybridized carbons (Fsp3) is 0.154. The molecule has 2 aromatic rings. The molecule has 3 heteroatoms. The van der Waals surface area contributed by atoms with Crippen LogP contribution in [0.1, 0.15) is 5.56 Å². The molecule has 0 amide bonds. The number of nitriles is 1. The molecule has 1 heterocycles. The zero-order chi connectivity index (χ0) is 11.5. The lowest BCUT2D eigenvalue weighted by Gasteiger charge is -2.00. The molecular formula is C13H12N2O. The highest BCUT2D eigenvalue weighted by Crippen LogP contribution is 2.25. The van der Waals surface area contributed by atoms with Gasteiger partial charge in [-0.1, -0.05) is 0 Å². The number of hydrogen-bond donors (Lipinski definition) is 0. The first-order valence-electron chi connectivity index (χ1n) is 4.95. The molecule has 0 fully saturated rings. The Kier molecular flexibility index (Phi) is 2.65. The first-order chi connectivity index (χ1) is 7.76. The van der Waals surface area contributed by atoms with Crippen molar-refractivity contribution < 1.29 is 4.74 Å². The molecule has 80 valence electrons. The quantitative estimate of drug-likeness (QED) is 0.718. The van der Waals surface area contributed by atoms with Gasteiger partial charge in [-0.25, -0.2) is 0 Å². The number of hydrogen-bond acceptors (Lipinski definition) is 2. The van der Waals surface area contributed by atoms with Crippen LogP contribution in [0.5, 0.6) is 5.75 Å². The zero-order valence-electron chi connectivity index (χ0n) is 9.27. The number of fused-ring (bicyclic) bond motifs is 1. The Bertz CT molecular complexity index is 588. The number of ether oxygens (including phenoxy) is 1. The molecule has 0 aliphatic heterocycles. The summed E-state index contributed by atoms with van der Waals surface area (Å²) in [4.78, 5) is 0. The van der Waals surface area contributed by atoms with Gasteiger partial charge in [0.2, 0.25) is 0 Å². The highest BCUT2D eigenvalue weighted by atomic mass is 16.5. The van der Waals surface area contributed by atoms with Crippen LogP contribution in [0.15, 0.2) is 30.5 Å². The van der Waals surface area contributed by atoms with Crippen LogP contribution < -0.4 is 4.74 Å². The van der Waals surface area contributed by atoms with Crippen LogP contribution in [-0.4, -0.2) is 11.7 Å². The van der Waals surface area contributed by atoms with Crippen LogP contribution in [0.3, 0.4) is 0 Å². The van der Waals surface area contributed by atoms with Crippen LogP contribution in [0.2, 0.25) is 0 Å². The molecule has 0 saturated carbocycles. The van der Waals surface area contributed by atoms with Crippen molar-refractivity contribution in [3.05, 3.63) is 36.0 Å². The van der Waals surface area contributed by atoms with Gasteiger partial charge in [-0.15, -0.1) is 0 Å². The third kappa shape index (κ3) is 1.66. The average Bonchev–Trinajstić information content (AvgIpc) is 2.63. The Balaban J connectivity index is 2.63. The summed E-state index contributed by atoms with van der Waals surface area (Å²) in [6.07, 6.45) is 5.30. The average molecular weight is 212 g/mol. The molecule has 1 aromatic heterocycles. The second-order valence-corrected chi connectivity index (χ2v) is 3.54. The summed E-state index contributed by atoms with van der Waals surface area (Å²) in [6.45, 7) is 0. The Hall–Kier alpha value is -2.21. The largest absolute Gasteiger partial charge is 0.497 e. The van der Waals surface area contributed by atoms with E-state index in [1.807, 2.05) is 48.2 Å². The SMILES string of the molecule is COc1ccc2c(/C=C/C#N)cn(C)c2c1. The molecule has 0 bridgehead atoms. The van der Waals surface area contributed by atoms with Gasteiger partial charge in [0.1, 0.15) is 5.75 Å². The van der Waals surface area contributed by atoms with Crippen LogP contribution in [-0.2, 0) is 7.05 Å². The predicted molar refractivity (Wildman–Crippen MR) is 64.1 cm³/mol. The number of allylic oxidation sites excluding steroid dienone is 1. The third-order valence-electron chi connectivity index (χ3n) is 2.57. The molecule has 0 N–H and O–H groups in total. The van der Waals surface area contributed by atoms with Crippen molar-refractivity contribution in [3.8, 4) is 11.8 Å². The normalized spacial score (nSPS) is 10.8. The van der Waals surface area contributed by atoms with Gasteiger partial charge in [-0.2, -0.15) is 5.26 Å². The molecule has 0 unspecified atom stereocenters. The molecule has 2 rings (SSSR count). The zero-order valence-corrected chi connectivity index (χ0v) is 9.27. The lowest BCUT2D eigenvalue weighted by molar-refractivity contribution is 0.415. The summed E-state index contributed by atoms with van der Waals surface area (Å²) in [5, 5.41) is 9.65. The van der Waals surface area contributed by atoms with Gasteiger partial charge in [-0.05, 0) is 18.2 Å². The van der Waals surface area contributed by atoms with Crippen LogP contribution >= 0.6 is 0 Å². The summed E-state index contributed by atoms with van der Waals surface area (Å²) in [7, 11) is 3.63. The van der Waals surface area contributed by atoms with E-state index in [1.54, 1.807) is 7.11 Å². The summed E-state index contributed by atoms with van der Waals surface area (Å²) in [5.74, 6) is 0.838. The fourth-order valence-corrected chi connectivity index (χ4v) is 1.78. The maximum Gasteiger partial charge on any atom is 0.120 e. The van der Waals surface area contributed by atoms with Crippen molar-refractivity contribution in [2.75, 3.05) is 7.11 Å². The lowest BCUT2D eigenvalue weighted by atomic mass is 10.1. The van der Waals surface area contributed by atoms with E-state index in [0.717, 1.165) is 22.2 Å². The van der Waals surface area contributed by atoms with Gasteiger partial charge in [-0.3, -0.25) is 0 Å². The maximum atomic E-state index is 8.53. The molecule has 0 aliphatic carbocycles. The molecule has 0 saturated heterocycles. The lowest BCUT2D eigenvalue weighted by Crippen LogP contribution is -1.86. The first kappa shape index (κ1) is 10.3. The Morgan fingerprint density at radius 1 is 1.44 bits per heavy atom. The number of aryl methyl sites for hydroxylation is 1. The van der Waals surface area contributed by atoms with Crippen LogP contribution in [0.25, 0.3) is 17.0 Å². The molecule has 0 atom stereocenters. The summed E-state index contributed by atoms with van der Waals surface area (Å²) >= 11 is 0. The Morgan fingerprint density at radius 2 is 2.25 bits per heavy atom. The van der Waals surface area contributed by atoms with E-state index in [4.69, 9.17) is 10.00 Å². The minimum atomic E-state index is 0.838. The maximum absolute atomic E-state index is 8.53. The third-order valence-corrected chi connectivity index (χ3v) is 2.57. The van der Waals surface area contributed by atoms with Crippen molar-refractivity contribution in [1.29, 1.82) is 5.26 Å². The molecule has 0 spiro atoms. The molecule has 16 heavy (non-hydrogen) atoms. The van der Waals surface area contributed by atoms with Crippen molar-refractivity contribution in [2.45, 2.75) is 0 Å². The van der Waals surface area contributed by atoms with Crippen molar-refractivity contribution in [1.82, 2.24) is 4.57 Å². The highest BCUT2D eigenvalue weighted by Gasteiger charge is 2.04. The van der Waals surface area contributed by atoms with Crippen molar-refractivity contribution in [3.63, 3.8) is 0 Å². The number of nitrogens with zero attached hydrogens (tertiary/aromatic N) is 2. The molecule has 3 nitrogen and oxygen atoms in total. The van der Waals surface area contributed by atoms with E-state index in [1.165, 1.54) is 6.08 Å². The Labute approximate surface area is 94.2 Å². The van der Waals surface area contributed by atoms with Gasteiger partial charge in [0.25, 0.3) is 0 Å². The molecular weight excluding hydrogens is 200 g/mol. The minimum Gasteiger partial charge on any atom is -0.497 e. The van der Waals surface area contributed by atoms with E-state index in [0.29, 0.717) is 0 Å². The summed E-state index contributed by atoms with van der Waals surface area (Å²) in [5.41, 5.74) is 2.14. The van der Waals surface area contributed by atoms with Gasteiger partial charge in [0.05, 0.1) is 18.7 Å². The van der Waals surface area contributed by atoms with Crippen molar-refractivity contribution in [2.24, 2.45) is 7.05 Å². The number of methoxy groups -OCH3 is 1. The standard InChI is InChI=1S/C13H12N2O/c1-15-9-10(4-3-7-14)12-6-5-11(16-2)8-13(12)15/h3-6,8-9H,1-2H3/b4-3+. The molecule has 1 aromatic carbocycles. The highest BCUT2D eigenvalue weighted by molar-refractivity contribution is 5.90. The van der Waals surface area contributed by atoms with Gasteiger partial charge < -0.3 is 9.30 Å². The van der Waals surface area contributed by atoms with Gasteiger partial charge in [0, 0.05) is 36.3 Å². The Morgan fingerprint density at radius 3 is 2.94 bits per heavy atom. The summed E-state index contributed by atoms with van der Waals surface area (Å²) in [6, 6.07) is 7.91. The van der Waals surface area contributed by atoms with E-state index in [-0.39, 0.29) is 0 Å². The second kappa shape index (κ2) is 4.11. The minimum absolute atomic E-state index is 0.838. The number of rotatable bonds is 2. The topological polar surface area (TPSA) is 37.9 Å². The molecule has 0 radical (unpaired) electrons. The smallest absolute Gasteiger partial charge is 0.120 e. The number of aromatic nitrogens is 1. The van der Waals surface area contributed by atoms with E-state index >= 15 is 0 Å². The van der Waals surface area contributed by atoms with Gasteiger partial charge >= 0.3 is 0 Å². The second-order valence-electron chi connectivity index (χ2n) is 3.54. The van der Waals surface area contributed by atoms with E-state index < -0.39 is 0 Å². The predicted octanol–water partition coefficient (Wildman–Crippen LogP) is 2.72. The fourth-order valence-electron chi connectivity index (χ4n) is 1.78. The van der Waals surface area contributed by atoms with Crippen molar-refractivity contribution >= 4 is 17.0 Å². The van der Waals surface area contributed by atoms with Crippen LogP contribution in [0.4, 0.5) is 0 Å². The van der Waals surface area contributed by atoms with E-state index in [9.17, 15) is 0 Å². The van der Waals surface area contributed by atoms with E-state index in [2.05, 4.69) is 0 Å². The molecule has 0 aliphatic rings. The first-order valence-corrected chi connectivity index (χ1v) is 4.95. The summed E-state index contributed by atoms with van der Waals surface area (Å²) < 4.78 is 7.21.